The number of rotatable bonds is 5. The van der Waals surface area contributed by atoms with Crippen LogP contribution >= 0.6 is 0 Å². The van der Waals surface area contributed by atoms with E-state index in [1.807, 2.05) is 12.1 Å². The van der Waals surface area contributed by atoms with Crippen LogP contribution in [0.15, 0.2) is 24.5 Å². The second-order valence-corrected chi connectivity index (χ2v) is 5.41. The molecule has 1 aromatic rings. The van der Waals surface area contributed by atoms with Gasteiger partial charge in [0.1, 0.15) is 0 Å². The van der Waals surface area contributed by atoms with Crippen LogP contribution in [0.1, 0.15) is 31.2 Å². The summed E-state index contributed by atoms with van der Waals surface area (Å²) in [6, 6.07) is 3.43. The van der Waals surface area contributed by atoms with Crippen LogP contribution in [0.25, 0.3) is 0 Å². The van der Waals surface area contributed by atoms with Gasteiger partial charge in [-0.2, -0.15) is 0 Å². The average molecular weight is 291 g/mol. The van der Waals surface area contributed by atoms with Crippen LogP contribution in [0.3, 0.4) is 0 Å². The van der Waals surface area contributed by atoms with Crippen LogP contribution in [0.4, 0.5) is 4.79 Å². The maximum Gasteiger partial charge on any atom is 0.315 e. The van der Waals surface area contributed by atoms with Crippen molar-refractivity contribution in [3.05, 3.63) is 30.1 Å². The van der Waals surface area contributed by atoms with Crippen molar-refractivity contribution in [2.75, 3.05) is 6.54 Å². The SMILES string of the molecule is O=C(NCc1cccnc1)NCC1CCCCC1C(=O)O. The number of carbonyl (C=O) groups excluding carboxylic acids is 1. The maximum atomic E-state index is 11.7. The maximum absolute atomic E-state index is 11.7. The number of nitrogens with zero attached hydrogens (tertiary/aromatic N) is 1. The van der Waals surface area contributed by atoms with Crippen molar-refractivity contribution >= 4 is 12.0 Å². The first-order valence-corrected chi connectivity index (χ1v) is 7.30. The summed E-state index contributed by atoms with van der Waals surface area (Å²) in [4.78, 5) is 26.9. The molecule has 1 aliphatic rings. The van der Waals surface area contributed by atoms with E-state index >= 15 is 0 Å². The highest BCUT2D eigenvalue weighted by Gasteiger charge is 2.30. The molecule has 114 valence electrons. The molecule has 1 aromatic heterocycles. The Morgan fingerprint density at radius 1 is 1.29 bits per heavy atom. The van der Waals surface area contributed by atoms with Gasteiger partial charge in [0.2, 0.25) is 0 Å². The number of urea groups is 1. The summed E-state index contributed by atoms with van der Waals surface area (Å²) in [6.07, 6.45) is 6.94. The van der Waals surface area contributed by atoms with E-state index in [0.29, 0.717) is 19.5 Å². The Morgan fingerprint density at radius 3 is 2.81 bits per heavy atom. The molecule has 2 amide bonds. The summed E-state index contributed by atoms with van der Waals surface area (Å²) in [7, 11) is 0. The van der Waals surface area contributed by atoms with E-state index < -0.39 is 5.97 Å². The van der Waals surface area contributed by atoms with Gasteiger partial charge < -0.3 is 15.7 Å². The molecule has 0 spiro atoms. The van der Waals surface area contributed by atoms with Gasteiger partial charge in [0.25, 0.3) is 0 Å². The highest BCUT2D eigenvalue weighted by atomic mass is 16.4. The molecule has 1 aliphatic carbocycles. The summed E-state index contributed by atoms with van der Waals surface area (Å²) in [5.41, 5.74) is 0.925. The Labute approximate surface area is 124 Å². The number of nitrogens with one attached hydrogen (secondary N) is 2. The van der Waals surface area contributed by atoms with E-state index in [9.17, 15) is 14.7 Å². The highest BCUT2D eigenvalue weighted by Crippen LogP contribution is 2.29. The quantitative estimate of drug-likeness (QED) is 0.771. The summed E-state index contributed by atoms with van der Waals surface area (Å²) in [5, 5.41) is 14.7. The van der Waals surface area contributed by atoms with E-state index in [0.717, 1.165) is 24.8 Å². The minimum Gasteiger partial charge on any atom is -0.481 e. The van der Waals surface area contributed by atoms with E-state index in [1.165, 1.54) is 0 Å². The van der Waals surface area contributed by atoms with Gasteiger partial charge in [-0.25, -0.2) is 4.79 Å². The van der Waals surface area contributed by atoms with Gasteiger partial charge in [-0.05, 0) is 30.4 Å². The average Bonchev–Trinajstić information content (AvgIpc) is 2.52. The van der Waals surface area contributed by atoms with E-state index in [2.05, 4.69) is 15.6 Å². The van der Waals surface area contributed by atoms with Crippen molar-refractivity contribution in [1.29, 1.82) is 0 Å². The minimum atomic E-state index is -0.753. The fourth-order valence-electron chi connectivity index (χ4n) is 2.75. The lowest BCUT2D eigenvalue weighted by molar-refractivity contribution is -0.144. The first kappa shape index (κ1) is 15.3. The molecule has 6 nitrogen and oxygen atoms in total. The minimum absolute atomic E-state index is 0.0281. The number of hydrogen-bond acceptors (Lipinski definition) is 3. The Kier molecular flexibility index (Phi) is 5.54. The largest absolute Gasteiger partial charge is 0.481 e. The molecule has 0 aliphatic heterocycles. The van der Waals surface area contributed by atoms with Gasteiger partial charge in [0.15, 0.2) is 0 Å². The number of pyridine rings is 1. The summed E-state index contributed by atoms with van der Waals surface area (Å²) in [6.45, 7) is 0.822. The first-order valence-electron chi connectivity index (χ1n) is 7.30. The molecular weight excluding hydrogens is 270 g/mol. The zero-order valence-electron chi connectivity index (χ0n) is 11.9. The van der Waals surface area contributed by atoms with Gasteiger partial charge in [-0.3, -0.25) is 9.78 Å². The third kappa shape index (κ3) is 4.73. The Morgan fingerprint density at radius 2 is 2.10 bits per heavy atom. The van der Waals surface area contributed by atoms with Crippen molar-refractivity contribution in [3.63, 3.8) is 0 Å². The van der Waals surface area contributed by atoms with Crippen molar-refractivity contribution in [1.82, 2.24) is 15.6 Å². The Bertz CT molecular complexity index is 478. The topological polar surface area (TPSA) is 91.3 Å². The number of aliphatic carboxylic acids is 1. The molecule has 2 rings (SSSR count). The van der Waals surface area contributed by atoms with Crippen LogP contribution in [0.2, 0.25) is 0 Å². The third-order valence-corrected chi connectivity index (χ3v) is 3.93. The number of carboxylic acid groups (broad SMARTS) is 1. The molecule has 6 heteroatoms. The predicted octanol–water partition coefficient (Wildman–Crippen LogP) is 1.77. The normalized spacial score (nSPS) is 21.5. The molecule has 0 aromatic carbocycles. The molecule has 0 bridgehead atoms. The van der Waals surface area contributed by atoms with E-state index in [4.69, 9.17) is 0 Å². The Hall–Kier alpha value is -2.11. The zero-order chi connectivity index (χ0) is 15.1. The molecular formula is C15H21N3O3. The van der Waals surface area contributed by atoms with Crippen molar-refractivity contribution in [2.45, 2.75) is 32.2 Å². The van der Waals surface area contributed by atoms with Crippen LogP contribution in [-0.4, -0.2) is 28.6 Å². The molecule has 1 saturated carbocycles. The standard InChI is InChI=1S/C15H21N3O3/c19-14(20)13-6-2-1-5-12(13)10-18-15(21)17-9-11-4-3-7-16-8-11/h3-4,7-8,12-13H,1-2,5-6,9-10H2,(H,19,20)(H2,17,18,21). The highest BCUT2D eigenvalue weighted by molar-refractivity contribution is 5.74. The van der Waals surface area contributed by atoms with Crippen molar-refractivity contribution in [2.24, 2.45) is 11.8 Å². The summed E-state index contributed by atoms with van der Waals surface area (Å²) < 4.78 is 0. The van der Waals surface area contributed by atoms with E-state index in [-0.39, 0.29) is 17.9 Å². The lowest BCUT2D eigenvalue weighted by Gasteiger charge is -2.28. The summed E-state index contributed by atoms with van der Waals surface area (Å²) in [5.74, 6) is -1.06. The second-order valence-electron chi connectivity index (χ2n) is 5.41. The number of hydrogen-bond donors (Lipinski definition) is 3. The van der Waals surface area contributed by atoms with Gasteiger partial charge in [-0.15, -0.1) is 0 Å². The molecule has 2 atom stereocenters. The summed E-state index contributed by atoms with van der Waals surface area (Å²) >= 11 is 0. The lowest BCUT2D eigenvalue weighted by Crippen LogP contribution is -2.41. The molecule has 21 heavy (non-hydrogen) atoms. The number of aromatic nitrogens is 1. The number of carboxylic acids is 1. The smallest absolute Gasteiger partial charge is 0.315 e. The third-order valence-electron chi connectivity index (χ3n) is 3.93. The molecule has 1 heterocycles. The number of amides is 2. The monoisotopic (exact) mass is 291 g/mol. The predicted molar refractivity (Wildman–Crippen MR) is 77.6 cm³/mol. The molecule has 1 fully saturated rings. The molecule has 2 unspecified atom stereocenters. The first-order chi connectivity index (χ1) is 10.2. The zero-order valence-corrected chi connectivity index (χ0v) is 11.9. The van der Waals surface area contributed by atoms with Crippen molar-refractivity contribution in [3.8, 4) is 0 Å². The molecule has 0 saturated heterocycles. The van der Waals surface area contributed by atoms with Crippen molar-refractivity contribution < 1.29 is 14.7 Å². The molecule has 3 N–H and O–H groups in total. The fourth-order valence-corrected chi connectivity index (χ4v) is 2.75. The van der Waals surface area contributed by atoms with Crippen LogP contribution < -0.4 is 10.6 Å². The van der Waals surface area contributed by atoms with Crippen LogP contribution in [-0.2, 0) is 11.3 Å². The number of carbonyl (C=O) groups is 2. The molecule has 0 radical (unpaired) electrons. The fraction of sp³-hybridized carbons (Fsp3) is 0.533. The van der Waals surface area contributed by atoms with Gasteiger partial charge in [-0.1, -0.05) is 18.9 Å². The van der Waals surface area contributed by atoms with Gasteiger partial charge >= 0.3 is 12.0 Å². The van der Waals surface area contributed by atoms with Crippen LogP contribution in [0, 0.1) is 11.8 Å². The Balaban J connectivity index is 1.74. The van der Waals surface area contributed by atoms with Gasteiger partial charge in [0.05, 0.1) is 5.92 Å². The van der Waals surface area contributed by atoms with Crippen LogP contribution in [0.5, 0.6) is 0 Å². The second kappa shape index (κ2) is 7.61. The van der Waals surface area contributed by atoms with Gasteiger partial charge in [0, 0.05) is 25.5 Å². The van der Waals surface area contributed by atoms with E-state index in [1.54, 1.807) is 12.4 Å². The lowest BCUT2D eigenvalue weighted by atomic mass is 9.79.